The van der Waals surface area contributed by atoms with E-state index in [1.807, 2.05) is 18.3 Å². The Balaban J connectivity index is 1.62. The molecule has 1 aliphatic carbocycles. The number of amides is 2. The molecule has 1 aromatic heterocycles. The number of H-pyrrole nitrogens is 1. The lowest BCUT2D eigenvalue weighted by Crippen LogP contribution is -2.25. The van der Waals surface area contributed by atoms with E-state index in [1.165, 1.54) is 17.5 Å². The van der Waals surface area contributed by atoms with Crippen LogP contribution in [0.1, 0.15) is 50.4 Å². The third-order valence-electron chi connectivity index (χ3n) is 4.49. The number of aromatic amines is 1. The van der Waals surface area contributed by atoms with Crippen LogP contribution >= 0.6 is 0 Å². The molecule has 2 aromatic rings. The molecule has 1 heterocycles. The molecule has 0 bridgehead atoms. The predicted molar refractivity (Wildman–Crippen MR) is 93.1 cm³/mol. The highest BCUT2D eigenvalue weighted by Crippen LogP contribution is 2.24. The molecule has 0 fully saturated rings. The van der Waals surface area contributed by atoms with Gasteiger partial charge in [-0.3, -0.25) is 9.59 Å². The Morgan fingerprint density at radius 1 is 1.12 bits per heavy atom. The second kappa shape index (κ2) is 6.91. The van der Waals surface area contributed by atoms with E-state index >= 15 is 0 Å². The number of nitrogens with one attached hydrogen (secondary N) is 2. The molecule has 0 saturated heterocycles. The van der Waals surface area contributed by atoms with Crippen molar-refractivity contribution in [3.8, 4) is 0 Å². The zero-order valence-electron chi connectivity index (χ0n) is 14.2. The number of benzene rings is 1. The zero-order valence-corrected chi connectivity index (χ0v) is 14.2. The quantitative estimate of drug-likeness (QED) is 0.907. The normalized spacial score (nSPS) is 13.2. The van der Waals surface area contributed by atoms with Gasteiger partial charge in [-0.1, -0.05) is 12.1 Å². The lowest BCUT2D eigenvalue weighted by Gasteiger charge is -2.13. The van der Waals surface area contributed by atoms with Crippen molar-refractivity contribution in [3.05, 3.63) is 58.4 Å². The van der Waals surface area contributed by atoms with Gasteiger partial charge in [-0.15, -0.1) is 0 Å². The Morgan fingerprint density at radius 3 is 2.54 bits per heavy atom. The van der Waals surface area contributed by atoms with Gasteiger partial charge in [0.25, 0.3) is 11.8 Å². The summed E-state index contributed by atoms with van der Waals surface area (Å²) in [5, 5.41) is 2.96. The Hall–Kier alpha value is -2.56. The first kappa shape index (κ1) is 16.3. The van der Waals surface area contributed by atoms with E-state index in [4.69, 9.17) is 0 Å². The Kier molecular flexibility index (Phi) is 4.69. The van der Waals surface area contributed by atoms with Crippen LogP contribution in [0.15, 0.2) is 30.5 Å². The van der Waals surface area contributed by atoms with Gasteiger partial charge in [0.1, 0.15) is 5.69 Å². The summed E-state index contributed by atoms with van der Waals surface area (Å²) < 4.78 is 0. The van der Waals surface area contributed by atoms with Gasteiger partial charge in [-0.25, -0.2) is 0 Å². The third kappa shape index (κ3) is 3.35. The summed E-state index contributed by atoms with van der Waals surface area (Å²) in [6.45, 7) is 0.447. The van der Waals surface area contributed by atoms with E-state index in [-0.39, 0.29) is 11.8 Å². The molecule has 126 valence electrons. The fraction of sp³-hybridized carbons (Fsp3) is 0.368. The summed E-state index contributed by atoms with van der Waals surface area (Å²) in [6, 6.07) is 7.34. The van der Waals surface area contributed by atoms with Gasteiger partial charge in [0.2, 0.25) is 0 Å². The molecule has 3 rings (SSSR count). The van der Waals surface area contributed by atoms with Crippen molar-refractivity contribution in [1.82, 2.24) is 15.2 Å². The second-order valence-corrected chi connectivity index (χ2v) is 6.45. The molecule has 0 saturated carbocycles. The maximum absolute atomic E-state index is 12.4. The summed E-state index contributed by atoms with van der Waals surface area (Å²) in [4.78, 5) is 29.0. The van der Waals surface area contributed by atoms with Crippen molar-refractivity contribution in [3.63, 3.8) is 0 Å². The molecule has 0 radical (unpaired) electrons. The molecule has 2 N–H and O–H groups in total. The number of nitrogens with zero attached hydrogens (tertiary/aromatic N) is 1. The van der Waals surface area contributed by atoms with Crippen molar-refractivity contribution in [1.29, 1.82) is 0 Å². The number of aryl methyl sites for hydroxylation is 1. The Morgan fingerprint density at radius 2 is 1.83 bits per heavy atom. The average Bonchev–Trinajstić information content (AvgIpc) is 3.03. The van der Waals surface area contributed by atoms with Gasteiger partial charge in [0.05, 0.1) is 0 Å². The van der Waals surface area contributed by atoms with E-state index in [9.17, 15) is 9.59 Å². The van der Waals surface area contributed by atoms with Crippen molar-refractivity contribution in [2.45, 2.75) is 32.2 Å². The summed E-state index contributed by atoms with van der Waals surface area (Å²) in [5.41, 5.74) is 4.76. The minimum Gasteiger partial charge on any atom is -0.357 e. The molecule has 0 atom stereocenters. The van der Waals surface area contributed by atoms with Crippen molar-refractivity contribution in [2.75, 3.05) is 14.1 Å². The van der Waals surface area contributed by atoms with Gasteiger partial charge in [0.15, 0.2) is 0 Å². The van der Waals surface area contributed by atoms with Gasteiger partial charge in [-0.2, -0.15) is 0 Å². The van der Waals surface area contributed by atoms with Crippen LogP contribution < -0.4 is 5.32 Å². The fourth-order valence-corrected chi connectivity index (χ4v) is 3.12. The molecular weight excluding hydrogens is 302 g/mol. The molecule has 24 heavy (non-hydrogen) atoms. The number of carbonyl (C=O) groups is 2. The zero-order chi connectivity index (χ0) is 17.1. The Labute approximate surface area is 142 Å². The second-order valence-electron chi connectivity index (χ2n) is 6.45. The van der Waals surface area contributed by atoms with Crippen LogP contribution in [0.25, 0.3) is 0 Å². The molecular formula is C19H23N3O2. The molecule has 0 spiro atoms. The maximum Gasteiger partial charge on any atom is 0.268 e. The SMILES string of the molecule is CN(C)C(=O)c1ccc(CNC(=O)c2[nH]cc3c2CCCC3)cc1. The summed E-state index contributed by atoms with van der Waals surface area (Å²) in [5.74, 6) is -0.0878. The molecule has 1 aliphatic rings. The number of hydrogen-bond acceptors (Lipinski definition) is 2. The van der Waals surface area contributed by atoms with Crippen LogP contribution in [0.3, 0.4) is 0 Å². The van der Waals surface area contributed by atoms with E-state index < -0.39 is 0 Å². The highest BCUT2D eigenvalue weighted by atomic mass is 16.2. The maximum atomic E-state index is 12.4. The van der Waals surface area contributed by atoms with E-state index in [0.29, 0.717) is 17.8 Å². The minimum absolute atomic E-state index is 0.0244. The third-order valence-corrected chi connectivity index (χ3v) is 4.49. The van der Waals surface area contributed by atoms with Crippen LogP contribution in [0.2, 0.25) is 0 Å². The van der Waals surface area contributed by atoms with Crippen LogP contribution in [-0.2, 0) is 19.4 Å². The summed E-state index contributed by atoms with van der Waals surface area (Å²) in [7, 11) is 3.46. The molecule has 1 aromatic carbocycles. The molecule has 0 aliphatic heterocycles. The standard InChI is InChI=1S/C19H23N3O2/c1-22(2)19(24)14-9-7-13(8-10-14)11-21-18(23)17-16-6-4-3-5-15(16)12-20-17/h7-10,12,20H,3-6,11H2,1-2H3,(H,21,23). The highest BCUT2D eigenvalue weighted by molar-refractivity contribution is 5.95. The van der Waals surface area contributed by atoms with Gasteiger partial charge >= 0.3 is 0 Å². The number of carbonyl (C=O) groups excluding carboxylic acids is 2. The van der Waals surface area contributed by atoms with Crippen LogP contribution in [0, 0.1) is 0 Å². The van der Waals surface area contributed by atoms with Crippen molar-refractivity contribution in [2.24, 2.45) is 0 Å². The van der Waals surface area contributed by atoms with E-state index in [0.717, 1.165) is 24.8 Å². The first-order valence-corrected chi connectivity index (χ1v) is 8.34. The van der Waals surface area contributed by atoms with Gasteiger partial charge < -0.3 is 15.2 Å². The smallest absolute Gasteiger partial charge is 0.268 e. The highest BCUT2D eigenvalue weighted by Gasteiger charge is 2.19. The lowest BCUT2D eigenvalue weighted by atomic mass is 9.93. The molecule has 5 nitrogen and oxygen atoms in total. The first-order chi connectivity index (χ1) is 11.6. The number of aromatic nitrogens is 1. The van der Waals surface area contributed by atoms with Gasteiger partial charge in [0, 0.05) is 32.4 Å². The van der Waals surface area contributed by atoms with Crippen LogP contribution in [0.5, 0.6) is 0 Å². The van der Waals surface area contributed by atoms with Crippen LogP contribution in [-0.4, -0.2) is 35.8 Å². The first-order valence-electron chi connectivity index (χ1n) is 8.34. The monoisotopic (exact) mass is 325 g/mol. The van der Waals surface area contributed by atoms with E-state index in [2.05, 4.69) is 10.3 Å². The topological polar surface area (TPSA) is 65.2 Å². The number of hydrogen-bond donors (Lipinski definition) is 2. The van der Waals surface area contributed by atoms with Gasteiger partial charge in [-0.05, 0) is 54.5 Å². The number of rotatable bonds is 4. The fourth-order valence-electron chi connectivity index (χ4n) is 3.12. The van der Waals surface area contributed by atoms with Crippen molar-refractivity contribution >= 4 is 11.8 Å². The average molecular weight is 325 g/mol. The largest absolute Gasteiger partial charge is 0.357 e. The minimum atomic E-state index is -0.0633. The van der Waals surface area contributed by atoms with Crippen molar-refractivity contribution < 1.29 is 9.59 Å². The molecule has 5 heteroatoms. The van der Waals surface area contributed by atoms with E-state index in [1.54, 1.807) is 31.1 Å². The lowest BCUT2D eigenvalue weighted by molar-refractivity contribution is 0.0827. The summed E-state index contributed by atoms with van der Waals surface area (Å²) >= 11 is 0. The number of fused-ring (bicyclic) bond motifs is 1. The molecule has 0 unspecified atom stereocenters. The molecule has 2 amide bonds. The van der Waals surface area contributed by atoms with Crippen LogP contribution in [0.4, 0.5) is 0 Å². The summed E-state index contributed by atoms with van der Waals surface area (Å²) in [6.07, 6.45) is 6.34. The predicted octanol–water partition coefficient (Wildman–Crippen LogP) is 2.53. The Bertz CT molecular complexity index is 744.